The fourth-order valence-corrected chi connectivity index (χ4v) is 1.88. The molecule has 0 saturated carbocycles. The number of aromatic nitrogens is 1. The van der Waals surface area contributed by atoms with Crippen molar-refractivity contribution >= 4 is 18.2 Å². The number of nitrogens with zero attached hydrogens (tertiary/aromatic N) is 2. The molecule has 0 unspecified atom stereocenters. The Bertz CT molecular complexity index is 422. The Morgan fingerprint density at radius 2 is 1.95 bits per heavy atom. The molecular weight excluding hydrogens is 283 g/mol. The number of hydrogen-bond acceptors (Lipinski definition) is 4. The van der Waals surface area contributed by atoms with Gasteiger partial charge in [-0.15, -0.1) is 12.4 Å². The van der Waals surface area contributed by atoms with E-state index in [-0.39, 0.29) is 18.2 Å². The number of piperazine rings is 1. The first-order chi connectivity index (χ1) is 8.52. The predicted octanol–water partition coefficient (Wildman–Crippen LogP) is 1.94. The molecule has 0 spiro atoms. The number of alkyl halides is 3. The molecule has 1 aromatic heterocycles. The molecule has 108 valence electrons. The number of halogens is 4. The lowest BCUT2D eigenvalue weighted by molar-refractivity contribution is -0.139. The summed E-state index contributed by atoms with van der Waals surface area (Å²) in [5.74, 6) is 0.326. The normalized spacial score (nSPS) is 15.9. The summed E-state index contributed by atoms with van der Waals surface area (Å²) in [6.07, 6.45) is -3.61. The number of rotatable bonds is 2. The second-order valence-corrected chi connectivity index (χ2v) is 3.98. The first kappa shape index (κ1) is 15.8. The summed E-state index contributed by atoms with van der Waals surface area (Å²) < 4.78 is 42.8. The second-order valence-electron chi connectivity index (χ2n) is 3.98. The van der Waals surface area contributed by atoms with Crippen LogP contribution in [0.4, 0.5) is 19.0 Å². The van der Waals surface area contributed by atoms with Crippen LogP contribution in [0.25, 0.3) is 0 Å². The van der Waals surface area contributed by atoms with Gasteiger partial charge in [0.05, 0.1) is 7.11 Å². The van der Waals surface area contributed by atoms with Gasteiger partial charge in [-0.25, -0.2) is 4.98 Å². The number of methoxy groups -OCH3 is 1. The van der Waals surface area contributed by atoms with Crippen molar-refractivity contribution in [2.75, 3.05) is 38.2 Å². The highest BCUT2D eigenvalue weighted by Crippen LogP contribution is 2.37. The van der Waals surface area contributed by atoms with Crippen LogP contribution in [0.5, 0.6) is 5.75 Å². The maximum absolute atomic E-state index is 12.7. The van der Waals surface area contributed by atoms with E-state index in [0.29, 0.717) is 5.82 Å². The molecule has 4 nitrogen and oxygen atoms in total. The summed E-state index contributed by atoms with van der Waals surface area (Å²) in [6, 6.07) is 1.34. The molecule has 19 heavy (non-hydrogen) atoms. The molecule has 1 aromatic rings. The molecule has 2 heterocycles. The summed E-state index contributed by atoms with van der Waals surface area (Å²) in [7, 11) is 1.23. The van der Waals surface area contributed by atoms with Crippen LogP contribution in [0, 0.1) is 0 Å². The van der Waals surface area contributed by atoms with Gasteiger partial charge in [0.2, 0.25) is 0 Å². The number of ether oxygens (including phenoxy) is 1. The Labute approximate surface area is 115 Å². The van der Waals surface area contributed by atoms with Crippen LogP contribution in [0.3, 0.4) is 0 Å². The summed E-state index contributed by atoms with van der Waals surface area (Å²) >= 11 is 0. The minimum Gasteiger partial charge on any atom is -0.496 e. The number of pyridine rings is 1. The third-order valence-corrected chi connectivity index (χ3v) is 2.82. The fourth-order valence-electron chi connectivity index (χ4n) is 1.88. The SMILES string of the molecule is COc1cc(N2CCNCC2)ncc1C(F)(F)F.Cl. The molecule has 1 aliphatic rings. The van der Waals surface area contributed by atoms with Crippen molar-refractivity contribution in [2.45, 2.75) is 6.18 Å². The summed E-state index contributed by atoms with van der Waals surface area (Å²) in [5.41, 5.74) is -0.844. The Kier molecular flexibility index (Phi) is 5.25. The molecule has 0 radical (unpaired) electrons. The van der Waals surface area contributed by atoms with Gasteiger partial charge in [-0.05, 0) is 0 Å². The van der Waals surface area contributed by atoms with E-state index in [0.717, 1.165) is 32.4 Å². The van der Waals surface area contributed by atoms with Crippen LogP contribution in [-0.4, -0.2) is 38.3 Å². The molecule has 1 fully saturated rings. The van der Waals surface area contributed by atoms with Gasteiger partial charge >= 0.3 is 6.18 Å². The zero-order chi connectivity index (χ0) is 13.2. The topological polar surface area (TPSA) is 37.4 Å². The van der Waals surface area contributed by atoms with Gasteiger partial charge in [-0.3, -0.25) is 0 Å². The van der Waals surface area contributed by atoms with Gasteiger partial charge in [0.1, 0.15) is 17.1 Å². The zero-order valence-corrected chi connectivity index (χ0v) is 11.1. The van der Waals surface area contributed by atoms with E-state index < -0.39 is 11.7 Å². The van der Waals surface area contributed by atoms with Crippen molar-refractivity contribution in [2.24, 2.45) is 0 Å². The van der Waals surface area contributed by atoms with Crippen LogP contribution in [0.2, 0.25) is 0 Å². The highest BCUT2D eigenvalue weighted by Gasteiger charge is 2.35. The highest BCUT2D eigenvalue weighted by molar-refractivity contribution is 5.85. The fraction of sp³-hybridized carbons (Fsp3) is 0.545. The Morgan fingerprint density at radius 1 is 1.32 bits per heavy atom. The van der Waals surface area contributed by atoms with Gasteiger partial charge in [0.25, 0.3) is 0 Å². The van der Waals surface area contributed by atoms with E-state index in [1.54, 1.807) is 0 Å². The lowest BCUT2D eigenvalue weighted by Gasteiger charge is -2.28. The molecule has 1 N–H and O–H groups in total. The molecule has 2 rings (SSSR count). The quantitative estimate of drug-likeness (QED) is 0.905. The van der Waals surface area contributed by atoms with Crippen molar-refractivity contribution in [3.8, 4) is 5.75 Å². The third-order valence-electron chi connectivity index (χ3n) is 2.82. The van der Waals surface area contributed by atoms with E-state index in [9.17, 15) is 13.2 Å². The van der Waals surface area contributed by atoms with Crippen molar-refractivity contribution in [1.82, 2.24) is 10.3 Å². The van der Waals surface area contributed by atoms with E-state index in [4.69, 9.17) is 4.74 Å². The van der Waals surface area contributed by atoms with Crippen LogP contribution in [-0.2, 0) is 6.18 Å². The van der Waals surface area contributed by atoms with Gasteiger partial charge in [0.15, 0.2) is 0 Å². The Balaban J connectivity index is 0.00000180. The predicted molar refractivity (Wildman–Crippen MR) is 68.1 cm³/mol. The van der Waals surface area contributed by atoms with Crippen LogP contribution in [0.1, 0.15) is 5.56 Å². The van der Waals surface area contributed by atoms with Crippen LogP contribution >= 0.6 is 12.4 Å². The van der Waals surface area contributed by atoms with Gasteiger partial charge < -0.3 is 15.0 Å². The van der Waals surface area contributed by atoms with Gasteiger partial charge in [-0.2, -0.15) is 13.2 Å². The smallest absolute Gasteiger partial charge is 0.421 e. The standard InChI is InChI=1S/C11H14F3N3O.ClH/c1-18-9-6-10(17-4-2-15-3-5-17)16-7-8(9)11(12,13)14;/h6-7,15H,2-5H2,1H3;1H. The molecule has 0 amide bonds. The summed E-state index contributed by atoms with van der Waals surface area (Å²) in [5, 5.41) is 3.17. The van der Waals surface area contributed by atoms with Crippen LogP contribution in [0.15, 0.2) is 12.3 Å². The molecule has 0 aromatic carbocycles. The molecule has 8 heteroatoms. The minimum absolute atomic E-state index is 0. The zero-order valence-electron chi connectivity index (χ0n) is 10.3. The van der Waals surface area contributed by atoms with Crippen molar-refractivity contribution in [3.63, 3.8) is 0 Å². The lowest BCUT2D eigenvalue weighted by Crippen LogP contribution is -2.43. The van der Waals surface area contributed by atoms with Crippen LogP contribution < -0.4 is 15.0 Å². The average molecular weight is 298 g/mol. The molecule has 0 atom stereocenters. The summed E-state index contributed by atoms with van der Waals surface area (Å²) in [4.78, 5) is 5.81. The van der Waals surface area contributed by atoms with Crippen molar-refractivity contribution in [3.05, 3.63) is 17.8 Å². The van der Waals surface area contributed by atoms with E-state index in [1.165, 1.54) is 13.2 Å². The molecule has 1 saturated heterocycles. The number of nitrogens with one attached hydrogen (secondary N) is 1. The number of hydrogen-bond donors (Lipinski definition) is 1. The first-order valence-electron chi connectivity index (χ1n) is 5.59. The molecule has 1 aliphatic heterocycles. The molecule has 0 aliphatic carbocycles. The van der Waals surface area contributed by atoms with E-state index in [1.807, 2.05) is 4.90 Å². The maximum atomic E-state index is 12.7. The van der Waals surface area contributed by atoms with Gasteiger partial charge in [-0.1, -0.05) is 0 Å². The maximum Gasteiger partial charge on any atom is 0.421 e. The van der Waals surface area contributed by atoms with E-state index in [2.05, 4.69) is 10.3 Å². The van der Waals surface area contributed by atoms with Crippen molar-refractivity contribution in [1.29, 1.82) is 0 Å². The molecular formula is C11H15ClF3N3O. The molecule has 0 bridgehead atoms. The van der Waals surface area contributed by atoms with E-state index >= 15 is 0 Å². The largest absolute Gasteiger partial charge is 0.496 e. The van der Waals surface area contributed by atoms with Crippen molar-refractivity contribution < 1.29 is 17.9 Å². The van der Waals surface area contributed by atoms with Gasteiger partial charge in [0, 0.05) is 38.4 Å². The monoisotopic (exact) mass is 297 g/mol. The Hall–Kier alpha value is -1.21. The lowest BCUT2D eigenvalue weighted by atomic mass is 10.2. The second kappa shape index (κ2) is 6.29. The highest BCUT2D eigenvalue weighted by atomic mass is 35.5. The average Bonchev–Trinajstić information content (AvgIpc) is 2.38. The number of anilines is 1. The minimum atomic E-state index is -4.44. The summed E-state index contributed by atoms with van der Waals surface area (Å²) in [6.45, 7) is 3.04. The first-order valence-corrected chi connectivity index (χ1v) is 5.59. The Morgan fingerprint density at radius 3 is 2.47 bits per heavy atom. The third kappa shape index (κ3) is 3.63.